The molecule has 0 aliphatic rings. The molecule has 0 atom stereocenters. The van der Waals surface area contributed by atoms with Gasteiger partial charge < -0.3 is 16.2 Å². The monoisotopic (exact) mass is 244 g/mol. The number of hydrogen-bond donors (Lipinski definition) is 2. The van der Waals surface area contributed by atoms with E-state index in [1.807, 2.05) is 18.2 Å². The van der Waals surface area contributed by atoms with Gasteiger partial charge in [-0.2, -0.15) is 0 Å². The van der Waals surface area contributed by atoms with E-state index in [0.29, 0.717) is 11.4 Å². The van der Waals surface area contributed by atoms with Gasteiger partial charge in [0.25, 0.3) is 5.91 Å². The number of nitrogens with two attached hydrogens (primary N) is 2. The zero-order valence-corrected chi connectivity index (χ0v) is 9.75. The van der Waals surface area contributed by atoms with Crippen LogP contribution in [0.2, 0.25) is 0 Å². The zero-order chi connectivity index (χ0) is 13.1. The third kappa shape index (κ3) is 2.22. The molecule has 0 aliphatic heterocycles. The lowest BCUT2D eigenvalue weighted by Gasteiger charge is -2.06. The Kier molecular flexibility index (Phi) is 3.09. The molecule has 1 aromatic heterocycles. The summed E-state index contributed by atoms with van der Waals surface area (Å²) in [5.41, 5.74) is 11.9. The minimum Gasteiger partial charge on any atom is -0.497 e. The van der Waals surface area contributed by atoms with E-state index in [0.717, 1.165) is 5.56 Å². The Bertz CT molecular complexity index is 598. The van der Waals surface area contributed by atoms with Gasteiger partial charge in [-0.1, -0.05) is 12.1 Å². The van der Waals surface area contributed by atoms with E-state index < -0.39 is 5.91 Å². The summed E-state index contributed by atoms with van der Waals surface area (Å²) in [5, 5.41) is 0. The van der Waals surface area contributed by atoms with Gasteiger partial charge in [-0.15, -0.1) is 0 Å². The number of nitrogen functional groups attached to an aromatic ring is 1. The maximum Gasteiger partial charge on any atom is 0.271 e. The average Bonchev–Trinajstić information content (AvgIpc) is 2.39. The number of ether oxygens (including phenoxy) is 1. The van der Waals surface area contributed by atoms with Gasteiger partial charge in [0.1, 0.15) is 5.75 Å². The van der Waals surface area contributed by atoms with Gasteiger partial charge in [0.05, 0.1) is 19.0 Å². The predicted molar refractivity (Wildman–Crippen MR) is 67.0 cm³/mol. The minimum atomic E-state index is -0.704. The molecule has 6 nitrogen and oxygen atoms in total. The average molecular weight is 244 g/mol. The summed E-state index contributed by atoms with van der Waals surface area (Å²) in [5.74, 6) is 0.00522. The molecule has 4 N–H and O–H groups in total. The van der Waals surface area contributed by atoms with Crippen molar-refractivity contribution < 1.29 is 9.53 Å². The molecule has 0 fully saturated rings. The second-order valence-corrected chi connectivity index (χ2v) is 3.59. The number of nitrogens with zero attached hydrogens (tertiary/aromatic N) is 2. The van der Waals surface area contributed by atoms with E-state index in [9.17, 15) is 4.79 Å². The molecule has 0 bridgehead atoms. The molecule has 0 aliphatic carbocycles. The van der Waals surface area contributed by atoms with Crippen LogP contribution in [0.5, 0.6) is 5.75 Å². The van der Waals surface area contributed by atoms with E-state index in [2.05, 4.69) is 9.97 Å². The summed E-state index contributed by atoms with van der Waals surface area (Å²) < 4.78 is 5.11. The van der Waals surface area contributed by atoms with Crippen molar-refractivity contribution in [1.29, 1.82) is 0 Å². The highest BCUT2D eigenvalue weighted by atomic mass is 16.5. The molecule has 1 aromatic carbocycles. The lowest BCUT2D eigenvalue weighted by Crippen LogP contribution is -2.17. The smallest absolute Gasteiger partial charge is 0.271 e. The van der Waals surface area contributed by atoms with E-state index in [-0.39, 0.29) is 11.5 Å². The van der Waals surface area contributed by atoms with Crippen molar-refractivity contribution in [2.75, 3.05) is 12.8 Å². The quantitative estimate of drug-likeness (QED) is 0.832. The normalized spacial score (nSPS) is 10.1. The molecule has 92 valence electrons. The van der Waals surface area contributed by atoms with Crippen molar-refractivity contribution in [2.24, 2.45) is 5.73 Å². The van der Waals surface area contributed by atoms with Crippen LogP contribution < -0.4 is 16.2 Å². The third-order valence-electron chi connectivity index (χ3n) is 2.40. The van der Waals surface area contributed by atoms with E-state index in [1.54, 1.807) is 13.2 Å². The lowest BCUT2D eigenvalue weighted by molar-refractivity contribution is 0.0996. The van der Waals surface area contributed by atoms with Crippen LogP contribution >= 0.6 is 0 Å². The lowest BCUT2D eigenvalue weighted by atomic mass is 10.1. The first-order chi connectivity index (χ1) is 8.61. The highest BCUT2D eigenvalue weighted by Gasteiger charge is 2.11. The number of rotatable bonds is 3. The Labute approximate surface area is 104 Å². The van der Waals surface area contributed by atoms with Crippen molar-refractivity contribution >= 4 is 11.7 Å². The number of methoxy groups -OCH3 is 1. The first-order valence-corrected chi connectivity index (χ1v) is 5.18. The number of anilines is 1. The summed E-state index contributed by atoms with van der Waals surface area (Å²) in [7, 11) is 1.57. The fourth-order valence-corrected chi connectivity index (χ4v) is 1.50. The van der Waals surface area contributed by atoms with Crippen molar-refractivity contribution in [3.05, 3.63) is 36.2 Å². The Morgan fingerprint density at radius 2 is 2.17 bits per heavy atom. The van der Waals surface area contributed by atoms with Crippen LogP contribution in [-0.2, 0) is 0 Å². The minimum absolute atomic E-state index is 0.0224. The van der Waals surface area contributed by atoms with Crippen LogP contribution in [0.25, 0.3) is 11.3 Å². The molecular formula is C12H12N4O2. The SMILES string of the molecule is COc1cccc(-c2cnc(N)c(C(N)=O)n2)c1. The fourth-order valence-electron chi connectivity index (χ4n) is 1.50. The molecule has 0 unspecified atom stereocenters. The van der Waals surface area contributed by atoms with Gasteiger partial charge in [-0.25, -0.2) is 9.97 Å². The molecule has 18 heavy (non-hydrogen) atoms. The maximum atomic E-state index is 11.1. The van der Waals surface area contributed by atoms with Gasteiger partial charge >= 0.3 is 0 Å². The molecule has 1 heterocycles. The number of carbonyl (C=O) groups is 1. The molecule has 0 radical (unpaired) electrons. The van der Waals surface area contributed by atoms with Crippen molar-refractivity contribution in [1.82, 2.24) is 9.97 Å². The van der Waals surface area contributed by atoms with Crippen LogP contribution in [0.15, 0.2) is 30.5 Å². The van der Waals surface area contributed by atoms with Crippen molar-refractivity contribution in [2.45, 2.75) is 0 Å². The van der Waals surface area contributed by atoms with Crippen LogP contribution in [0.4, 0.5) is 5.82 Å². The first-order valence-electron chi connectivity index (χ1n) is 5.18. The largest absolute Gasteiger partial charge is 0.497 e. The fraction of sp³-hybridized carbons (Fsp3) is 0.0833. The third-order valence-corrected chi connectivity index (χ3v) is 2.40. The van der Waals surface area contributed by atoms with Gasteiger partial charge in [-0.3, -0.25) is 4.79 Å². The highest BCUT2D eigenvalue weighted by Crippen LogP contribution is 2.22. The summed E-state index contributed by atoms with van der Waals surface area (Å²) in [4.78, 5) is 19.1. The Balaban J connectivity index is 2.50. The molecule has 0 saturated carbocycles. The van der Waals surface area contributed by atoms with Crippen molar-refractivity contribution in [3.63, 3.8) is 0 Å². The van der Waals surface area contributed by atoms with Crippen LogP contribution in [0.3, 0.4) is 0 Å². The Morgan fingerprint density at radius 1 is 1.39 bits per heavy atom. The standard InChI is InChI=1S/C12H12N4O2/c1-18-8-4-2-3-7(5-8)9-6-15-11(13)10(16-9)12(14)17/h2-6H,1H3,(H2,13,15)(H2,14,17). The number of amides is 1. The molecular weight excluding hydrogens is 232 g/mol. The molecule has 2 rings (SSSR count). The molecule has 6 heteroatoms. The van der Waals surface area contributed by atoms with Crippen molar-refractivity contribution in [3.8, 4) is 17.0 Å². The van der Waals surface area contributed by atoms with Crippen LogP contribution in [0, 0.1) is 0 Å². The number of benzene rings is 1. The molecule has 0 spiro atoms. The van der Waals surface area contributed by atoms with Gasteiger partial charge in [0.2, 0.25) is 0 Å². The highest BCUT2D eigenvalue weighted by molar-refractivity contribution is 5.95. The van der Waals surface area contributed by atoms with Crippen LogP contribution in [-0.4, -0.2) is 23.0 Å². The summed E-state index contributed by atoms with van der Waals surface area (Å²) in [6.45, 7) is 0. The molecule has 2 aromatic rings. The van der Waals surface area contributed by atoms with E-state index >= 15 is 0 Å². The zero-order valence-electron chi connectivity index (χ0n) is 9.75. The van der Waals surface area contributed by atoms with Gasteiger partial charge in [0.15, 0.2) is 11.5 Å². The van der Waals surface area contributed by atoms with Gasteiger partial charge in [0, 0.05) is 5.56 Å². The second kappa shape index (κ2) is 4.70. The number of primary amides is 1. The number of carbonyl (C=O) groups excluding carboxylic acids is 1. The maximum absolute atomic E-state index is 11.1. The molecule has 0 saturated heterocycles. The van der Waals surface area contributed by atoms with Crippen LogP contribution in [0.1, 0.15) is 10.5 Å². The molecule has 1 amide bonds. The number of aromatic nitrogens is 2. The van der Waals surface area contributed by atoms with E-state index in [1.165, 1.54) is 6.20 Å². The predicted octanol–water partition coefficient (Wildman–Crippen LogP) is 0.833. The topological polar surface area (TPSA) is 104 Å². The van der Waals surface area contributed by atoms with Gasteiger partial charge in [-0.05, 0) is 12.1 Å². The first kappa shape index (κ1) is 11.8. The summed E-state index contributed by atoms with van der Waals surface area (Å²) >= 11 is 0. The Morgan fingerprint density at radius 3 is 2.83 bits per heavy atom. The summed E-state index contributed by atoms with van der Waals surface area (Å²) in [6.07, 6.45) is 1.48. The Hall–Kier alpha value is -2.63. The van der Waals surface area contributed by atoms with E-state index in [4.69, 9.17) is 16.2 Å². The summed E-state index contributed by atoms with van der Waals surface area (Å²) in [6, 6.07) is 7.23. The number of hydrogen-bond acceptors (Lipinski definition) is 5. The second-order valence-electron chi connectivity index (χ2n) is 3.59.